The fourth-order valence-corrected chi connectivity index (χ4v) is 1.99. The first-order chi connectivity index (χ1) is 7.17. The zero-order chi connectivity index (χ0) is 11.3. The normalized spacial score (nSPS) is 11.6. The summed E-state index contributed by atoms with van der Waals surface area (Å²) in [6.07, 6.45) is 0.979. The first-order valence-corrected chi connectivity index (χ1v) is 5.82. The van der Waals surface area contributed by atoms with E-state index in [2.05, 4.69) is 33.3 Å². The van der Waals surface area contributed by atoms with Crippen LogP contribution in [0.5, 0.6) is 0 Å². The van der Waals surface area contributed by atoms with Gasteiger partial charge in [0, 0.05) is 21.6 Å². The molecule has 0 atom stereocenters. The predicted octanol–water partition coefficient (Wildman–Crippen LogP) is 2.72. The van der Waals surface area contributed by atoms with Crippen molar-refractivity contribution in [1.29, 1.82) is 0 Å². The predicted molar refractivity (Wildman–Crippen MR) is 68.2 cm³/mol. The smallest absolute Gasteiger partial charge is 0.142 e. The van der Waals surface area contributed by atoms with Gasteiger partial charge in [-0.25, -0.2) is 5.84 Å². The van der Waals surface area contributed by atoms with Gasteiger partial charge >= 0.3 is 0 Å². The van der Waals surface area contributed by atoms with E-state index in [1.54, 1.807) is 0 Å². The molecule has 5 heteroatoms. The van der Waals surface area contributed by atoms with Crippen LogP contribution in [0.25, 0.3) is 0 Å². The summed E-state index contributed by atoms with van der Waals surface area (Å²) >= 11 is 9.30. The van der Waals surface area contributed by atoms with Crippen molar-refractivity contribution in [2.45, 2.75) is 13.3 Å². The zero-order valence-corrected chi connectivity index (χ0v) is 10.8. The Labute approximate surface area is 103 Å². The van der Waals surface area contributed by atoms with Crippen LogP contribution in [0.3, 0.4) is 0 Å². The number of benzene rings is 1. The molecule has 0 heterocycles. The maximum Gasteiger partial charge on any atom is 0.142 e. The minimum absolute atomic E-state index is 0.652. The number of hydrogen-bond acceptors (Lipinski definition) is 2. The number of aliphatic imine (C=N–C) groups is 1. The number of nitrogens with two attached hydrogens (primary N) is 1. The standard InChI is InChI=1S/C10H13BrClN3/c1-2-3-14-10(15-13)7-4-8(11)6-9(12)5-7/h4-6H,2-3,13H2,1H3,(H,14,15). The van der Waals surface area contributed by atoms with E-state index in [0.717, 1.165) is 23.0 Å². The van der Waals surface area contributed by atoms with Crippen LogP contribution in [0, 0.1) is 0 Å². The second-order valence-electron chi connectivity index (χ2n) is 3.03. The number of nitrogens with one attached hydrogen (secondary N) is 1. The van der Waals surface area contributed by atoms with Gasteiger partial charge in [0.2, 0.25) is 0 Å². The quantitative estimate of drug-likeness (QED) is 0.389. The summed E-state index contributed by atoms with van der Waals surface area (Å²) < 4.78 is 0.907. The van der Waals surface area contributed by atoms with Gasteiger partial charge in [-0.15, -0.1) is 0 Å². The molecule has 0 amide bonds. The highest BCUT2D eigenvalue weighted by Crippen LogP contribution is 2.19. The molecule has 0 aliphatic heterocycles. The van der Waals surface area contributed by atoms with Crippen molar-refractivity contribution < 1.29 is 0 Å². The Morgan fingerprint density at radius 2 is 2.27 bits per heavy atom. The molecule has 1 aromatic carbocycles. The van der Waals surface area contributed by atoms with Gasteiger partial charge in [0.1, 0.15) is 5.84 Å². The first kappa shape index (κ1) is 12.5. The topological polar surface area (TPSA) is 50.4 Å². The second kappa shape index (κ2) is 6.10. The molecule has 0 fully saturated rings. The summed E-state index contributed by atoms with van der Waals surface area (Å²) in [5, 5.41) is 0.652. The number of amidine groups is 1. The van der Waals surface area contributed by atoms with Crippen molar-refractivity contribution in [1.82, 2.24) is 5.43 Å². The average molecular weight is 291 g/mol. The van der Waals surface area contributed by atoms with Crippen molar-refractivity contribution in [2.24, 2.45) is 10.8 Å². The SMILES string of the molecule is CCCN=C(NN)c1cc(Cl)cc(Br)c1. The molecule has 3 nitrogen and oxygen atoms in total. The van der Waals surface area contributed by atoms with Crippen LogP contribution in [0.2, 0.25) is 5.02 Å². The van der Waals surface area contributed by atoms with Gasteiger partial charge in [0.25, 0.3) is 0 Å². The summed E-state index contributed by atoms with van der Waals surface area (Å²) in [4.78, 5) is 4.31. The highest BCUT2D eigenvalue weighted by molar-refractivity contribution is 9.10. The lowest BCUT2D eigenvalue weighted by molar-refractivity contribution is 0.907. The van der Waals surface area contributed by atoms with Crippen molar-refractivity contribution >= 4 is 33.4 Å². The Hall–Kier alpha value is -0.580. The number of hydrazine groups is 1. The minimum atomic E-state index is 0.652. The van der Waals surface area contributed by atoms with Crippen molar-refractivity contribution in [3.05, 3.63) is 33.3 Å². The number of hydrogen-bond donors (Lipinski definition) is 2. The lowest BCUT2D eigenvalue weighted by Gasteiger charge is -2.06. The molecule has 0 spiro atoms. The molecular weight excluding hydrogens is 277 g/mol. The van der Waals surface area contributed by atoms with E-state index >= 15 is 0 Å². The van der Waals surface area contributed by atoms with Gasteiger partial charge in [-0.2, -0.15) is 0 Å². The monoisotopic (exact) mass is 289 g/mol. The van der Waals surface area contributed by atoms with Crippen LogP contribution < -0.4 is 11.3 Å². The second-order valence-corrected chi connectivity index (χ2v) is 4.38. The van der Waals surface area contributed by atoms with Crippen LogP contribution in [0.4, 0.5) is 0 Å². The summed E-state index contributed by atoms with van der Waals surface area (Å²) in [6, 6.07) is 5.56. The van der Waals surface area contributed by atoms with Crippen LogP contribution in [-0.4, -0.2) is 12.4 Å². The van der Waals surface area contributed by atoms with Crippen LogP contribution in [0.1, 0.15) is 18.9 Å². The lowest BCUT2D eigenvalue weighted by atomic mass is 10.2. The average Bonchev–Trinajstić information content (AvgIpc) is 2.17. The summed E-state index contributed by atoms with van der Waals surface area (Å²) in [5.74, 6) is 6.06. The van der Waals surface area contributed by atoms with Gasteiger partial charge in [0.05, 0.1) is 0 Å². The van der Waals surface area contributed by atoms with Crippen molar-refractivity contribution in [3.63, 3.8) is 0 Å². The molecule has 15 heavy (non-hydrogen) atoms. The number of halogens is 2. The fourth-order valence-electron chi connectivity index (χ4n) is 1.13. The summed E-state index contributed by atoms with van der Waals surface area (Å²) in [6.45, 7) is 2.80. The van der Waals surface area contributed by atoms with Gasteiger partial charge in [0.15, 0.2) is 0 Å². The summed E-state index contributed by atoms with van der Waals surface area (Å²) in [7, 11) is 0. The molecule has 0 aliphatic rings. The van der Waals surface area contributed by atoms with Crippen LogP contribution in [0.15, 0.2) is 27.7 Å². The Balaban J connectivity index is 3.01. The Morgan fingerprint density at radius 3 is 2.80 bits per heavy atom. The maximum absolute atomic E-state index is 5.93. The number of nitrogens with zero attached hydrogens (tertiary/aromatic N) is 1. The van der Waals surface area contributed by atoms with Crippen LogP contribution in [-0.2, 0) is 0 Å². The van der Waals surface area contributed by atoms with E-state index in [9.17, 15) is 0 Å². The number of rotatable bonds is 3. The Kier molecular flexibility index (Phi) is 5.08. The Bertz CT molecular complexity index is 345. The third-order valence-corrected chi connectivity index (χ3v) is 2.44. The van der Waals surface area contributed by atoms with Crippen LogP contribution >= 0.6 is 27.5 Å². The molecule has 0 radical (unpaired) electrons. The largest absolute Gasteiger partial charge is 0.308 e. The molecule has 0 aromatic heterocycles. The minimum Gasteiger partial charge on any atom is -0.308 e. The lowest BCUT2D eigenvalue weighted by Crippen LogP contribution is -2.31. The van der Waals surface area contributed by atoms with E-state index < -0.39 is 0 Å². The molecule has 1 rings (SSSR count). The molecule has 0 saturated carbocycles. The van der Waals surface area contributed by atoms with Gasteiger partial charge in [-0.1, -0.05) is 34.5 Å². The van der Waals surface area contributed by atoms with Gasteiger partial charge in [-0.3, -0.25) is 4.99 Å². The molecule has 3 N–H and O–H groups in total. The summed E-state index contributed by atoms with van der Waals surface area (Å²) in [5.41, 5.74) is 3.46. The zero-order valence-electron chi connectivity index (χ0n) is 8.43. The highest BCUT2D eigenvalue weighted by Gasteiger charge is 2.03. The third kappa shape index (κ3) is 3.81. The molecule has 0 aliphatic carbocycles. The van der Waals surface area contributed by atoms with E-state index in [1.165, 1.54) is 0 Å². The van der Waals surface area contributed by atoms with Gasteiger partial charge < -0.3 is 5.43 Å². The van der Waals surface area contributed by atoms with Gasteiger partial charge in [-0.05, 0) is 24.6 Å². The van der Waals surface area contributed by atoms with E-state index in [4.69, 9.17) is 17.4 Å². The van der Waals surface area contributed by atoms with Crippen molar-refractivity contribution in [3.8, 4) is 0 Å². The molecule has 82 valence electrons. The molecular formula is C10H13BrClN3. The molecule has 0 saturated heterocycles. The maximum atomic E-state index is 5.93. The first-order valence-electron chi connectivity index (χ1n) is 4.65. The molecule has 1 aromatic rings. The molecule has 0 unspecified atom stereocenters. The third-order valence-electron chi connectivity index (χ3n) is 1.77. The van der Waals surface area contributed by atoms with E-state index in [0.29, 0.717) is 10.9 Å². The molecule has 0 bridgehead atoms. The van der Waals surface area contributed by atoms with Crippen molar-refractivity contribution in [2.75, 3.05) is 6.54 Å². The fraction of sp³-hybridized carbons (Fsp3) is 0.300. The van der Waals surface area contributed by atoms with E-state index in [1.807, 2.05) is 18.2 Å². The van der Waals surface area contributed by atoms with E-state index in [-0.39, 0.29) is 0 Å². The highest BCUT2D eigenvalue weighted by atomic mass is 79.9. The Morgan fingerprint density at radius 1 is 1.53 bits per heavy atom.